The highest BCUT2D eigenvalue weighted by Gasteiger charge is 2.47. The zero-order valence-corrected chi connectivity index (χ0v) is 6.25. The summed E-state index contributed by atoms with van der Waals surface area (Å²) in [6, 6.07) is 0. The van der Waals surface area contributed by atoms with Gasteiger partial charge in [-0.25, -0.2) is 0 Å². The molecule has 0 N–H and O–H groups in total. The average Bonchev–Trinajstić information content (AvgIpc) is 2.83. The molecule has 1 heteroatoms. The van der Waals surface area contributed by atoms with Gasteiger partial charge in [0, 0.05) is 0 Å². The summed E-state index contributed by atoms with van der Waals surface area (Å²) >= 11 is 0. The fourth-order valence-corrected chi connectivity index (χ4v) is 2.43. The lowest BCUT2D eigenvalue weighted by Crippen LogP contribution is -2.14. The molecule has 1 saturated heterocycles. The minimum Gasteiger partial charge on any atom is -0.370 e. The first-order valence-corrected chi connectivity index (χ1v) is 4.59. The molecule has 3 aliphatic rings. The molecule has 0 aromatic heterocycles. The van der Waals surface area contributed by atoms with Crippen molar-refractivity contribution < 1.29 is 4.74 Å². The summed E-state index contributed by atoms with van der Waals surface area (Å²) < 4.78 is 5.49. The van der Waals surface area contributed by atoms with Crippen LogP contribution in [-0.4, -0.2) is 12.2 Å². The van der Waals surface area contributed by atoms with E-state index in [2.05, 4.69) is 0 Å². The van der Waals surface area contributed by atoms with E-state index in [-0.39, 0.29) is 0 Å². The molecule has 10 heavy (non-hydrogen) atoms. The predicted octanol–water partition coefficient (Wildman–Crippen LogP) is 1.96. The molecule has 1 nitrogen and oxygen atoms in total. The largest absolute Gasteiger partial charge is 0.370 e. The molecule has 2 saturated carbocycles. The second-order valence-corrected chi connectivity index (χ2v) is 4.12. The lowest BCUT2D eigenvalue weighted by atomic mass is 9.86. The molecule has 3 unspecified atom stereocenters. The summed E-state index contributed by atoms with van der Waals surface area (Å²) in [7, 11) is 0. The Hall–Kier alpha value is -0.0400. The van der Waals surface area contributed by atoms with Gasteiger partial charge in [-0.3, -0.25) is 0 Å². The maximum atomic E-state index is 5.49. The van der Waals surface area contributed by atoms with Gasteiger partial charge in [0.15, 0.2) is 0 Å². The van der Waals surface area contributed by atoms with Crippen molar-refractivity contribution in [2.45, 2.75) is 44.3 Å². The lowest BCUT2D eigenvalue weighted by molar-refractivity contribution is 0.339. The predicted molar refractivity (Wildman–Crippen MR) is 38.7 cm³/mol. The fraction of sp³-hybridized carbons (Fsp3) is 1.00. The molecule has 0 aromatic rings. The zero-order valence-electron chi connectivity index (χ0n) is 6.25. The molecule has 3 rings (SSSR count). The zero-order chi connectivity index (χ0) is 6.55. The van der Waals surface area contributed by atoms with Crippen LogP contribution in [0.5, 0.6) is 0 Å². The standard InChI is InChI=1S/C9H14O/c1-2-6(1)7-3-4-8-9(5-7)10-8/h6-9H,1-5H2. The second-order valence-electron chi connectivity index (χ2n) is 4.12. The van der Waals surface area contributed by atoms with Crippen molar-refractivity contribution in [1.82, 2.24) is 0 Å². The van der Waals surface area contributed by atoms with E-state index in [9.17, 15) is 0 Å². The first kappa shape index (κ1) is 5.59. The third kappa shape index (κ3) is 0.800. The number of fused-ring (bicyclic) bond motifs is 1. The quantitative estimate of drug-likeness (QED) is 0.505. The first-order valence-electron chi connectivity index (χ1n) is 4.59. The highest BCUT2D eigenvalue weighted by Crippen LogP contribution is 2.49. The van der Waals surface area contributed by atoms with Crippen molar-refractivity contribution >= 4 is 0 Å². The van der Waals surface area contributed by atoms with Crippen LogP contribution in [0.15, 0.2) is 0 Å². The van der Waals surface area contributed by atoms with Crippen LogP contribution in [0.4, 0.5) is 0 Å². The van der Waals surface area contributed by atoms with Gasteiger partial charge >= 0.3 is 0 Å². The number of epoxide rings is 1. The Morgan fingerprint density at radius 2 is 1.60 bits per heavy atom. The molecule has 0 radical (unpaired) electrons. The van der Waals surface area contributed by atoms with Gasteiger partial charge in [-0.15, -0.1) is 0 Å². The van der Waals surface area contributed by atoms with E-state index in [0.717, 1.165) is 11.8 Å². The molecule has 1 aliphatic heterocycles. The van der Waals surface area contributed by atoms with Gasteiger partial charge in [0.05, 0.1) is 12.2 Å². The average molecular weight is 138 g/mol. The summed E-state index contributed by atoms with van der Waals surface area (Å²) in [6.07, 6.45) is 8.67. The summed E-state index contributed by atoms with van der Waals surface area (Å²) in [6.45, 7) is 0. The highest BCUT2D eigenvalue weighted by molar-refractivity contribution is 4.96. The van der Waals surface area contributed by atoms with Crippen LogP contribution in [0.25, 0.3) is 0 Å². The molecule has 0 bridgehead atoms. The summed E-state index contributed by atoms with van der Waals surface area (Å²) in [5.74, 6) is 2.17. The lowest BCUT2D eigenvalue weighted by Gasteiger charge is -2.17. The van der Waals surface area contributed by atoms with Crippen LogP contribution >= 0.6 is 0 Å². The normalized spacial score (nSPS) is 52.2. The van der Waals surface area contributed by atoms with Crippen molar-refractivity contribution in [2.75, 3.05) is 0 Å². The number of hydrogen-bond acceptors (Lipinski definition) is 1. The van der Waals surface area contributed by atoms with Crippen molar-refractivity contribution in [1.29, 1.82) is 0 Å². The van der Waals surface area contributed by atoms with E-state index in [1.54, 1.807) is 0 Å². The molecule has 1 heterocycles. The van der Waals surface area contributed by atoms with E-state index in [1.165, 1.54) is 32.1 Å². The molecular weight excluding hydrogens is 124 g/mol. The van der Waals surface area contributed by atoms with Gasteiger partial charge in [0.1, 0.15) is 0 Å². The van der Waals surface area contributed by atoms with E-state index >= 15 is 0 Å². The van der Waals surface area contributed by atoms with Gasteiger partial charge in [-0.2, -0.15) is 0 Å². The summed E-state index contributed by atoms with van der Waals surface area (Å²) in [4.78, 5) is 0. The van der Waals surface area contributed by atoms with Crippen molar-refractivity contribution in [3.8, 4) is 0 Å². The minimum atomic E-state index is 0.704. The van der Waals surface area contributed by atoms with Crippen LogP contribution < -0.4 is 0 Å². The van der Waals surface area contributed by atoms with Gasteiger partial charge in [0.2, 0.25) is 0 Å². The molecule has 0 amide bonds. The smallest absolute Gasteiger partial charge is 0.0844 e. The molecule has 0 spiro atoms. The third-order valence-electron chi connectivity index (χ3n) is 3.33. The molecule has 3 fully saturated rings. The van der Waals surface area contributed by atoms with Crippen molar-refractivity contribution in [3.63, 3.8) is 0 Å². The van der Waals surface area contributed by atoms with Crippen molar-refractivity contribution in [3.05, 3.63) is 0 Å². The number of ether oxygens (including phenoxy) is 1. The molecule has 0 aromatic carbocycles. The van der Waals surface area contributed by atoms with Crippen LogP contribution in [0.3, 0.4) is 0 Å². The Morgan fingerprint density at radius 3 is 2.30 bits per heavy atom. The Labute approximate surface area is 61.8 Å². The van der Waals surface area contributed by atoms with Crippen LogP contribution in [0.2, 0.25) is 0 Å². The third-order valence-corrected chi connectivity index (χ3v) is 3.33. The Bertz CT molecular complexity index is 151. The fourth-order valence-electron chi connectivity index (χ4n) is 2.43. The maximum absolute atomic E-state index is 5.49. The van der Waals surface area contributed by atoms with Gasteiger partial charge in [0.25, 0.3) is 0 Å². The summed E-state index contributed by atoms with van der Waals surface area (Å²) in [5.41, 5.74) is 0. The number of hydrogen-bond donors (Lipinski definition) is 0. The minimum absolute atomic E-state index is 0.704. The van der Waals surface area contributed by atoms with E-state index in [4.69, 9.17) is 4.74 Å². The molecule has 56 valence electrons. The molecule has 2 aliphatic carbocycles. The molecular formula is C9H14O. The van der Waals surface area contributed by atoms with E-state index in [1.807, 2.05) is 0 Å². The van der Waals surface area contributed by atoms with Gasteiger partial charge in [-0.1, -0.05) is 0 Å². The van der Waals surface area contributed by atoms with Crippen LogP contribution in [-0.2, 0) is 4.74 Å². The Morgan fingerprint density at radius 1 is 0.800 bits per heavy atom. The van der Waals surface area contributed by atoms with Crippen LogP contribution in [0.1, 0.15) is 32.1 Å². The van der Waals surface area contributed by atoms with Crippen molar-refractivity contribution in [2.24, 2.45) is 11.8 Å². The van der Waals surface area contributed by atoms with E-state index < -0.39 is 0 Å². The monoisotopic (exact) mass is 138 g/mol. The van der Waals surface area contributed by atoms with E-state index in [0.29, 0.717) is 12.2 Å². The molecule has 3 atom stereocenters. The Balaban J connectivity index is 1.65. The summed E-state index contributed by atoms with van der Waals surface area (Å²) in [5, 5.41) is 0. The topological polar surface area (TPSA) is 12.5 Å². The van der Waals surface area contributed by atoms with Gasteiger partial charge in [-0.05, 0) is 43.9 Å². The van der Waals surface area contributed by atoms with Crippen LogP contribution in [0, 0.1) is 11.8 Å². The maximum Gasteiger partial charge on any atom is 0.0844 e. The first-order chi connectivity index (χ1) is 4.93. The van der Waals surface area contributed by atoms with Gasteiger partial charge < -0.3 is 4.74 Å². The second kappa shape index (κ2) is 1.76. The highest BCUT2D eigenvalue weighted by atomic mass is 16.6. The Kier molecular flexibility index (Phi) is 0.984. The SMILES string of the molecule is C1CC1C1CCC2OC2C1. The number of rotatable bonds is 1.